The van der Waals surface area contributed by atoms with Crippen molar-refractivity contribution < 1.29 is 23.8 Å². The molecule has 0 aromatic heterocycles. The van der Waals surface area contributed by atoms with Gasteiger partial charge in [0, 0.05) is 11.6 Å². The highest BCUT2D eigenvalue weighted by Crippen LogP contribution is 2.25. The Hall–Kier alpha value is -4.00. The van der Waals surface area contributed by atoms with Gasteiger partial charge in [-0.05, 0) is 60.7 Å². The van der Waals surface area contributed by atoms with Crippen molar-refractivity contribution in [3.05, 3.63) is 131 Å². The zero-order chi connectivity index (χ0) is 29.7. The van der Waals surface area contributed by atoms with Crippen LogP contribution in [0.3, 0.4) is 0 Å². The van der Waals surface area contributed by atoms with Gasteiger partial charge in [-0.1, -0.05) is 108 Å². The average Bonchev–Trinajstić information content (AvgIpc) is 3.02. The molecule has 1 amide bonds. The molecule has 2 unspecified atom stereocenters. The Labute approximate surface area is 256 Å². The molecule has 8 heteroatoms. The topological polar surface area (TPSA) is 73.9 Å². The second-order valence-electron chi connectivity index (χ2n) is 9.83. The quantitative estimate of drug-likeness (QED) is 0.120. The van der Waals surface area contributed by atoms with Gasteiger partial charge in [-0.25, -0.2) is 4.79 Å². The van der Waals surface area contributed by atoms with E-state index in [4.69, 9.17) is 37.4 Å². The number of carbonyl (C=O) groups is 2. The standard InChI is InChI=1S/C34H33Cl2NO5/c1-24(15-16-25-17-19-29(20-18-25)40-22-26-9-4-2-5-10-26)37-33(38)31(42-34(39)32(35)36)28-13-8-14-30(21-28)41-23-27-11-6-3-7-12-27/h2-14,17-21,24,31-32H,15-16,22-23H2,1H3,(H,37,38). The van der Waals surface area contributed by atoms with Crippen LogP contribution in [0, 0.1) is 0 Å². The van der Waals surface area contributed by atoms with E-state index in [1.807, 2.05) is 91.9 Å². The minimum atomic E-state index is -1.42. The van der Waals surface area contributed by atoms with Crippen LogP contribution in [0.2, 0.25) is 0 Å². The van der Waals surface area contributed by atoms with Crippen LogP contribution in [0.4, 0.5) is 0 Å². The lowest BCUT2D eigenvalue weighted by atomic mass is 10.0. The lowest BCUT2D eigenvalue weighted by molar-refractivity contribution is -0.155. The molecule has 0 aliphatic rings. The Bertz CT molecular complexity index is 1420. The number of ether oxygens (including phenoxy) is 3. The minimum absolute atomic E-state index is 0.201. The fraction of sp³-hybridized carbons (Fsp3) is 0.235. The van der Waals surface area contributed by atoms with Gasteiger partial charge in [-0.2, -0.15) is 0 Å². The van der Waals surface area contributed by atoms with Crippen LogP contribution in [0.15, 0.2) is 109 Å². The largest absolute Gasteiger partial charge is 0.489 e. The van der Waals surface area contributed by atoms with Crippen LogP contribution < -0.4 is 14.8 Å². The van der Waals surface area contributed by atoms with Crippen LogP contribution in [0.1, 0.15) is 41.7 Å². The normalized spacial score (nSPS) is 12.3. The smallest absolute Gasteiger partial charge is 0.340 e. The van der Waals surface area contributed by atoms with Crippen LogP contribution in [-0.2, 0) is 34.0 Å². The van der Waals surface area contributed by atoms with Gasteiger partial charge in [0.25, 0.3) is 5.91 Å². The van der Waals surface area contributed by atoms with Gasteiger partial charge in [0.1, 0.15) is 24.7 Å². The average molecular weight is 607 g/mol. The number of carbonyl (C=O) groups excluding carboxylic acids is 2. The molecule has 6 nitrogen and oxygen atoms in total. The predicted molar refractivity (Wildman–Crippen MR) is 165 cm³/mol. The molecule has 0 heterocycles. The van der Waals surface area contributed by atoms with Crippen LogP contribution in [0.25, 0.3) is 0 Å². The lowest BCUT2D eigenvalue weighted by Crippen LogP contribution is -2.38. The number of hydrogen-bond acceptors (Lipinski definition) is 5. The molecule has 0 bridgehead atoms. The van der Waals surface area contributed by atoms with Gasteiger partial charge in [-0.15, -0.1) is 0 Å². The van der Waals surface area contributed by atoms with E-state index in [0.29, 0.717) is 30.9 Å². The Morgan fingerprint density at radius 2 is 1.31 bits per heavy atom. The molecule has 0 spiro atoms. The maximum Gasteiger partial charge on any atom is 0.340 e. The summed E-state index contributed by atoms with van der Waals surface area (Å²) in [5.74, 6) is -0.0609. The molecule has 4 aromatic carbocycles. The molecule has 4 rings (SSSR count). The first kappa shape index (κ1) is 30.9. The van der Waals surface area contributed by atoms with Crippen molar-refractivity contribution in [2.24, 2.45) is 0 Å². The van der Waals surface area contributed by atoms with E-state index >= 15 is 0 Å². The SMILES string of the molecule is CC(CCc1ccc(OCc2ccccc2)cc1)NC(=O)C(OC(=O)C(Cl)Cl)c1cccc(OCc2ccccc2)c1. The lowest BCUT2D eigenvalue weighted by Gasteiger charge is -2.22. The number of halogens is 2. The molecule has 218 valence electrons. The fourth-order valence-corrected chi connectivity index (χ4v) is 4.32. The van der Waals surface area contributed by atoms with Crippen LogP contribution in [0.5, 0.6) is 11.5 Å². The molecular weight excluding hydrogens is 573 g/mol. The highest BCUT2D eigenvalue weighted by Gasteiger charge is 2.28. The Balaban J connectivity index is 1.33. The number of rotatable bonds is 14. The maximum absolute atomic E-state index is 13.3. The number of alkyl halides is 2. The van der Waals surface area contributed by atoms with E-state index in [1.165, 1.54) is 0 Å². The van der Waals surface area contributed by atoms with E-state index < -0.39 is 22.8 Å². The van der Waals surface area contributed by atoms with Crippen molar-refractivity contribution in [3.63, 3.8) is 0 Å². The van der Waals surface area contributed by atoms with Gasteiger partial charge in [0.05, 0.1) is 0 Å². The van der Waals surface area contributed by atoms with Gasteiger partial charge in [0.15, 0.2) is 0 Å². The van der Waals surface area contributed by atoms with E-state index in [0.717, 1.165) is 28.9 Å². The molecule has 0 saturated carbocycles. The van der Waals surface area contributed by atoms with Gasteiger partial charge in [0.2, 0.25) is 10.9 Å². The Morgan fingerprint density at radius 3 is 1.90 bits per heavy atom. The first-order valence-corrected chi connectivity index (χ1v) is 14.6. The number of hydrogen-bond donors (Lipinski definition) is 1. The Morgan fingerprint density at radius 1 is 0.714 bits per heavy atom. The van der Waals surface area contributed by atoms with Crippen LogP contribution >= 0.6 is 23.2 Å². The van der Waals surface area contributed by atoms with Gasteiger partial charge >= 0.3 is 5.97 Å². The number of amides is 1. The maximum atomic E-state index is 13.3. The van der Waals surface area contributed by atoms with E-state index in [2.05, 4.69) is 5.32 Å². The molecule has 0 aliphatic heterocycles. The van der Waals surface area contributed by atoms with E-state index in [9.17, 15) is 9.59 Å². The third-order valence-corrected chi connectivity index (χ3v) is 6.84. The molecule has 42 heavy (non-hydrogen) atoms. The molecule has 0 fully saturated rings. The highest BCUT2D eigenvalue weighted by atomic mass is 35.5. The monoisotopic (exact) mass is 605 g/mol. The van der Waals surface area contributed by atoms with Crippen molar-refractivity contribution >= 4 is 35.1 Å². The second-order valence-corrected chi connectivity index (χ2v) is 10.9. The molecule has 0 saturated heterocycles. The molecule has 1 N–H and O–H groups in total. The van der Waals surface area contributed by atoms with E-state index in [-0.39, 0.29) is 6.04 Å². The van der Waals surface area contributed by atoms with Crippen molar-refractivity contribution in [1.29, 1.82) is 0 Å². The second kappa shape index (κ2) is 15.9. The summed E-state index contributed by atoms with van der Waals surface area (Å²) in [6, 6.07) is 34.3. The molecule has 2 atom stereocenters. The first-order chi connectivity index (χ1) is 20.4. The summed E-state index contributed by atoms with van der Waals surface area (Å²) in [5, 5.41) is 2.95. The summed E-state index contributed by atoms with van der Waals surface area (Å²) in [4.78, 5) is 24.2. The molecular formula is C34H33Cl2NO5. The molecule has 4 aromatic rings. The van der Waals surface area contributed by atoms with E-state index in [1.54, 1.807) is 24.3 Å². The zero-order valence-electron chi connectivity index (χ0n) is 23.2. The zero-order valence-corrected chi connectivity index (χ0v) is 24.8. The summed E-state index contributed by atoms with van der Waals surface area (Å²) in [7, 11) is 0. The predicted octanol–water partition coefficient (Wildman–Crippen LogP) is 7.37. The summed E-state index contributed by atoms with van der Waals surface area (Å²) >= 11 is 11.4. The fourth-order valence-electron chi connectivity index (χ4n) is 4.22. The van der Waals surface area contributed by atoms with Crippen molar-refractivity contribution in [2.75, 3.05) is 0 Å². The minimum Gasteiger partial charge on any atom is -0.489 e. The first-order valence-electron chi connectivity index (χ1n) is 13.7. The third-order valence-electron chi connectivity index (χ3n) is 6.49. The Kier molecular flexibility index (Phi) is 11.7. The molecule has 0 aliphatic carbocycles. The number of nitrogens with one attached hydrogen (secondary N) is 1. The van der Waals surface area contributed by atoms with Crippen molar-refractivity contribution in [2.45, 2.75) is 50.0 Å². The number of esters is 1. The van der Waals surface area contributed by atoms with Gasteiger partial charge < -0.3 is 19.5 Å². The summed E-state index contributed by atoms with van der Waals surface area (Å²) < 4.78 is 17.2. The van der Waals surface area contributed by atoms with Gasteiger partial charge in [-0.3, -0.25) is 4.79 Å². The summed E-state index contributed by atoms with van der Waals surface area (Å²) in [5.41, 5.74) is 3.66. The van der Waals surface area contributed by atoms with Crippen molar-refractivity contribution in [3.8, 4) is 11.5 Å². The number of aryl methyl sites for hydroxylation is 1. The van der Waals surface area contributed by atoms with Crippen molar-refractivity contribution in [1.82, 2.24) is 5.32 Å². The summed E-state index contributed by atoms with van der Waals surface area (Å²) in [6.45, 7) is 2.76. The van der Waals surface area contributed by atoms with Crippen LogP contribution in [-0.4, -0.2) is 22.8 Å². The number of benzene rings is 4. The summed E-state index contributed by atoms with van der Waals surface area (Å²) in [6.07, 6.45) is 0.158. The highest BCUT2D eigenvalue weighted by molar-refractivity contribution is 6.52. The third kappa shape index (κ3) is 9.82. The molecule has 0 radical (unpaired) electrons.